The van der Waals surface area contributed by atoms with E-state index in [0.29, 0.717) is 23.1 Å². The molecule has 1 unspecified atom stereocenters. The molecule has 4 nitrogen and oxygen atoms in total. The Balaban J connectivity index is 2.12. The Morgan fingerprint density at radius 2 is 1.89 bits per heavy atom. The van der Waals surface area contributed by atoms with E-state index >= 15 is 0 Å². The van der Waals surface area contributed by atoms with E-state index in [1.165, 1.54) is 6.07 Å². The average Bonchev–Trinajstić information content (AvgIpc) is 2.84. The molecular weight excluding hydrogens is 369 g/mol. The molecular formula is C21H25F3N2O2. The topological polar surface area (TPSA) is 41.6 Å². The van der Waals surface area contributed by atoms with E-state index in [1.54, 1.807) is 44.2 Å². The van der Waals surface area contributed by atoms with Gasteiger partial charge in [-0.25, -0.2) is 5.01 Å². The monoisotopic (exact) mass is 394 g/mol. The lowest BCUT2D eigenvalue weighted by Crippen LogP contribution is -2.43. The fourth-order valence-electron chi connectivity index (χ4n) is 3.38. The van der Waals surface area contributed by atoms with Crippen molar-refractivity contribution in [2.24, 2.45) is 11.3 Å². The number of hydrazine groups is 1. The van der Waals surface area contributed by atoms with Gasteiger partial charge in [-0.15, -0.1) is 0 Å². The molecule has 0 spiro atoms. The van der Waals surface area contributed by atoms with Crippen LogP contribution in [-0.2, 0) is 4.79 Å². The predicted octanol–water partition coefficient (Wildman–Crippen LogP) is 4.85. The number of amides is 1. The second-order valence-electron chi connectivity index (χ2n) is 8.34. The van der Waals surface area contributed by atoms with Gasteiger partial charge in [-0.1, -0.05) is 38.1 Å². The molecule has 1 N–H and O–H groups in total. The maximum atomic E-state index is 14.2. The summed E-state index contributed by atoms with van der Waals surface area (Å²) in [5.74, 6) is 0.215. The summed E-state index contributed by atoms with van der Waals surface area (Å²) in [6.07, 6.45) is -4.58. The second-order valence-corrected chi connectivity index (χ2v) is 8.34. The van der Waals surface area contributed by atoms with Gasteiger partial charge in [0.15, 0.2) is 6.04 Å². The summed E-state index contributed by atoms with van der Waals surface area (Å²) in [7, 11) is 0. The van der Waals surface area contributed by atoms with E-state index in [2.05, 4.69) is 5.43 Å². The van der Waals surface area contributed by atoms with Gasteiger partial charge in [0.1, 0.15) is 5.75 Å². The Morgan fingerprint density at radius 3 is 2.46 bits per heavy atom. The highest BCUT2D eigenvalue weighted by Crippen LogP contribution is 2.44. The SMILES string of the molecule is CC(C)COc1cc(C(N2CC(C)(C)C(=O)N2)C(F)(F)F)c2ccccc2c1. The molecule has 0 radical (unpaired) electrons. The molecule has 3 rings (SSSR count). The summed E-state index contributed by atoms with van der Waals surface area (Å²) in [5, 5.41) is 2.15. The fourth-order valence-corrected chi connectivity index (χ4v) is 3.38. The lowest BCUT2D eigenvalue weighted by molar-refractivity contribution is -0.191. The van der Waals surface area contributed by atoms with Crippen LogP contribution in [0.15, 0.2) is 36.4 Å². The fraction of sp³-hybridized carbons (Fsp3) is 0.476. The largest absolute Gasteiger partial charge is 0.493 e. The van der Waals surface area contributed by atoms with E-state index in [4.69, 9.17) is 4.74 Å². The highest BCUT2D eigenvalue weighted by Gasteiger charge is 2.51. The molecule has 1 heterocycles. The summed E-state index contributed by atoms with van der Waals surface area (Å²) in [5.41, 5.74) is 1.59. The normalized spacial score (nSPS) is 18.5. The number of carbonyl (C=O) groups excluding carboxylic acids is 1. The van der Waals surface area contributed by atoms with Crippen molar-refractivity contribution in [1.29, 1.82) is 0 Å². The third-order valence-corrected chi connectivity index (χ3v) is 4.79. The highest BCUT2D eigenvalue weighted by atomic mass is 19.4. The van der Waals surface area contributed by atoms with Crippen LogP contribution in [0.4, 0.5) is 13.2 Å². The van der Waals surface area contributed by atoms with Crippen LogP contribution in [0.25, 0.3) is 10.8 Å². The van der Waals surface area contributed by atoms with Crippen LogP contribution in [0.3, 0.4) is 0 Å². The van der Waals surface area contributed by atoms with Crippen LogP contribution < -0.4 is 10.2 Å². The lowest BCUT2D eigenvalue weighted by Gasteiger charge is -2.31. The third kappa shape index (κ3) is 4.09. The molecule has 1 aliphatic rings. The first-order chi connectivity index (χ1) is 13.0. The van der Waals surface area contributed by atoms with Crippen LogP contribution in [0.5, 0.6) is 5.75 Å². The van der Waals surface area contributed by atoms with Crippen LogP contribution >= 0.6 is 0 Å². The number of nitrogens with zero attached hydrogens (tertiary/aromatic N) is 1. The van der Waals surface area contributed by atoms with Crippen molar-refractivity contribution in [3.05, 3.63) is 42.0 Å². The molecule has 1 aliphatic heterocycles. The summed E-state index contributed by atoms with van der Waals surface area (Å²) < 4.78 is 48.3. The standard InChI is InChI=1S/C21H25F3N2O2/c1-13(2)11-28-15-9-14-7-5-6-8-16(14)17(10-15)18(21(22,23)24)26-12-20(3,4)19(27)25-26/h5-10,13,18H,11-12H2,1-4H3,(H,25,27). The number of fused-ring (bicyclic) bond motifs is 1. The Kier molecular flexibility index (Phi) is 5.32. The first-order valence-electron chi connectivity index (χ1n) is 9.29. The van der Waals surface area contributed by atoms with Crippen LogP contribution in [0.1, 0.15) is 39.3 Å². The number of halogens is 3. The zero-order valence-electron chi connectivity index (χ0n) is 16.4. The van der Waals surface area contributed by atoms with Crippen LogP contribution in [0.2, 0.25) is 0 Å². The Hall–Kier alpha value is -2.28. The molecule has 1 amide bonds. The van der Waals surface area contributed by atoms with E-state index in [0.717, 1.165) is 5.01 Å². The number of benzene rings is 2. The van der Waals surface area contributed by atoms with Gasteiger partial charge < -0.3 is 4.74 Å². The van der Waals surface area contributed by atoms with E-state index < -0.39 is 23.5 Å². The van der Waals surface area contributed by atoms with Crippen molar-refractivity contribution in [2.45, 2.75) is 39.9 Å². The molecule has 152 valence electrons. The minimum Gasteiger partial charge on any atom is -0.493 e. The molecule has 0 aliphatic carbocycles. The summed E-state index contributed by atoms with van der Waals surface area (Å²) in [6.45, 7) is 7.58. The van der Waals surface area contributed by atoms with E-state index in [9.17, 15) is 18.0 Å². The second kappa shape index (κ2) is 7.28. The number of alkyl halides is 3. The predicted molar refractivity (Wildman–Crippen MR) is 102 cm³/mol. The van der Waals surface area contributed by atoms with Crippen LogP contribution in [-0.4, -0.2) is 30.2 Å². The van der Waals surface area contributed by atoms with E-state index in [1.807, 2.05) is 13.8 Å². The first kappa shape index (κ1) is 20.5. The van der Waals surface area contributed by atoms with Gasteiger partial charge in [0, 0.05) is 6.54 Å². The zero-order chi connectivity index (χ0) is 20.7. The van der Waals surface area contributed by atoms with E-state index in [-0.39, 0.29) is 18.0 Å². The van der Waals surface area contributed by atoms with Crippen molar-refractivity contribution < 1.29 is 22.7 Å². The minimum absolute atomic E-state index is 0.0403. The number of hydrogen-bond donors (Lipinski definition) is 1. The Labute approximate surface area is 162 Å². The van der Waals surface area contributed by atoms with Gasteiger partial charge >= 0.3 is 6.18 Å². The van der Waals surface area contributed by atoms with Crippen LogP contribution in [0, 0.1) is 11.3 Å². The summed E-state index contributed by atoms with van der Waals surface area (Å²) in [6, 6.07) is 8.15. The van der Waals surface area contributed by atoms with Crippen molar-refractivity contribution in [3.63, 3.8) is 0 Å². The molecule has 0 saturated carbocycles. The molecule has 1 atom stereocenters. The van der Waals surface area contributed by atoms with Crippen molar-refractivity contribution in [3.8, 4) is 5.75 Å². The molecule has 28 heavy (non-hydrogen) atoms. The summed E-state index contributed by atoms with van der Waals surface area (Å²) in [4.78, 5) is 12.1. The summed E-state index contributed by atoms with van der Waals surface area (Å²) >= 11 is 0. The average molecular weight is 394 g/mol. The number of carbonyl (C=O) groups is 1. The number of rotatable bonds is 5. The first-order valence-corrected chi connectivity index (χ1v) is 9.29. The van der Waals surface area contributed by atoms with Gasteiger partial charge in [-0.05, 0) is 48.2 Å². The van der Waals surface area contributed by atoms with Crippen molar-refractivity contribution in [1.82, 2.24) is 10.4 Å². The van der Waals surface area contributed by atoms with Gasteiger partial charge in [0.2, 0.25) is 5.91 Å². The van der Waals surface area contributed by atoms with Gasteiger partial charge in [-0.2, -0.15) is 13.2 Å². The Morgan fingerprint density at radius 1 is 1.21 bits per heavy atom. The van der Waals surface area contributed by atoms with Gasteiger partial charge in [0.05, 0.1) is 12.0 Å². The number of ether oxygens (including phenoxy) is 1. The number of hydrogen-bond acceptors (Lipinski definition) is 3. The quantitative estimate of drug-likeness (QED) is 0.788. The zero-order valence-corrected chi connectivity index (χ0v) is 16.4. The molecule has 0 bridgehead atoms. The molecule has 7 heteroatoms. The molecule has 2 aromatic carbocycles. The maximum Gasteiger partial charge on any atom is 0.409 e. The molecule has 2 aromatic rings. The molecule has 1 saturated heterocycles. The third-order valence-electron chi connectivity index (χ3n) is 4.79. The Bertz CT molecular complexity index is 878. The maximum absolute atomic E-state index is 14.2. The van der Waals surface area contributed by atoms with Crippen molar-refractivity contribution >= 4 is 16.7 Å². The highest BCUT2D eigenvalue weighted by molar-refractivity contribution is 5.88. The molecule has 1 fully saturated rings. The van der Waals surface area contributed by atoms with Gasteiger partial charge in [-0.3, -0.25) is 10.2 Å². The number of nitrogens with one attached hydrogen (secondary N) is 1. The van der Waals surface area contributed by atoms with Gasteiger partial charge in [0.25, 0.3) is 0 Å². The smallest absolute Gasteiger partial charge is 0.409 e. The molecule has 0 aromatic heterocycles. The minimum atomic E-state index is -4.58. The van der Waals surface area contributed by atoms with Crippen molar-refractivity contribution in [2.75, 3.05) is 13.2 Å². The lowest BCUT2D eigenvalue weighted by atomic mass is 9.93.